The van der Waals surface area contributed by atoms with E-state index >= 15 is 0 Å². The number of hydrogen-bond acceptors (Lipinski definition) is 3. The molecule has 0 aliphatic heterocycles. The van der Waals surface area contributed by atoms with Gasteiger partial charge in [-0.05, 0) is 36.5 Å². The lowest BCUT2D eigenvalue weighted by atomic mass is 9.87. The number of carbonyl (C=O) groups excluding carboxylic acids is 1. The van der Waals surface area contributed by atoms with Crippen LogP contribution in [0.4, 0.5) is 11.4 Å². The van der Waals surface area contributed by atoms with Gasteiger partial charge in [-0.2, -0.15) is 0 Å². The highest BCUT2D eigenvalue weighted by Gasteiger charge is 2.35. The normalized spacial score (nSPS) is 21.8. The van der Waals surface area contributed by atoms with Gasteiger partial charge in [0, 0.05) is 17.4 Å². The second kappa shape index (κ2) is 4.52. The number of nitrogen functional groups attached to an aromatic ring is 2. The summed E-state index contributed by atoms with van der Waals surface area (Å²) in [5.74, 6) is -0.104. The zero-order valence-electron chi connectivity index (χ0n) is 11.0. The maximum Gasteiger partial charge on any atom is 0.253 e. The topological polar surface area (TPSA) is 81.1 Å². The van der Waals surface area contributed by atoms with Gasteiger partial charge in [-0.3, -0.25) is 4.79 Å². The molecule has 0 spiro atoms. The lowest BCUT2D eigenvalue weighted by molar-refractivity contribution is 0.0911. The summed E-state index contributed by atoms with van der Waals surface area (Å²) >= 11 is 0. The maximum atomic E-state index is 12.2. The van der Waals surface area contributed by atoms with Crippen LogP contribution in [0.15, 0.2) is 18.2 Å². The van der Waals surface area contributed by atoms with Crippen molar-refractivity contribution in [3.63, 3.8) is 0 Å². The number of nitrogens with one attached hydrogen (secondary N) is 1. The first-order chi connectivity index (χ1) is 8.40. The molecular weight excluding hydrogens is 226 g/mol. The highest BCUT2D eigenvalue weighted by molar-refractivity contribution is 5.99. The lowest BCUT2D eigenvalue weighted by Gasteiger charge is -2.28. The quantitative estimate of drug-likeness (QED) is 0.700. The third-order valence-corrected chi connectivity index (χ3v) is 3.88. The summed E-state index contributed by atoms with van der Waals surface area (Å²) in [6.07, 6.45) is 3.35. The number of nitrogens with two attached hydrogens (primary N) is 2. The van der Waals surface area contributed by atoms with Crippen LogP contribution in [-0.4, -0.2) is 11.9 Å². The molecule has 2 rings (SSSR count). The molecule has 1 atom stereocenters. The molecule has 0 radical (unpaired) electrons. The number of amides is 1. The molecule has 0 bridgehead atoms. The molecule has 1 saturated carbocycles. The molecule has 1 aliphatic carbocycles. The average Bonchev–Trinajstić information content (AvgIpc) is 2.58. The van der Waals surface area contributed by atoms with Gasteiger partial charge in [-0.25, -0.2) is 0 Å². The molecule has 1 aromatic rings. The van der Waals surface area contributed by atoms with Crippen LogP contribution in [-0.2, 0) is 0 Å². The van der Waals surface area contributed by atoms with Crippen molar-refractivity contribution < 1.29 is 4.79 Å². The molecule has 1 unspecified atom stereocenters. The second-order valence-corrected chi connectivity index (χ2v) is 5.75. The highest BCUT2D eigenvalue weighted by Crippen LogP contribution is 2.37. The van der Waals surface area contributed by atoms with E-state index in [1.807, 2.05) is 0 Å². The molecule has 1 aromatic carbocycles. The molecular formula is C14H21N3O. The first-order valence-corrected chi connectivity index (χ1v) is 6.36. The smallest absolute Gasteiger partial charge is 0.253 e. The van der Waals surface area contributed by atoms with Crippen molar-refractivity contribution in [2.45, 2.75) is 39.2 Å². The summed E-state index contributed by atoms with van der Waals surface area (Å²) in [5, 5.41) is 3.09. The number of benzene rings is 1. The van der Waals surface area contributed by atoms with Crippen LogP contribution in [0.25, 0.3) is 0 Å². The Morgan fingerprint density at radius 2 is 2.11 bits per heavy atom. The van der Waals surface area contributed by atoms with E-state index in [1.165, 1.54) is 0 Å². The lowest BCUT2D eigenvalue weighted by Crippen LogP contribution is -2.41. The van der Waals surface area contributed by atoms with Gasteiger partial charge in [-0.15, -0.1) is 0 Å². The Morgan fingerprint density at radius 3 is 2.67 bits per heavy atom. The molecule has 4 heteroatoms. The molecule has 0 aromatic heterocycles. The largest absolute Gasteiger partial charge is 0.399 e. The van der Waals surface area contributed by atoms with E-state index in [2.05, 4.69) is 19.2 Å². The number of hydrogen-bond donors (Lipinski definition) is 3. The summed E-state index contributed by atoms with van der Waals surface area (Å²) in [6, 6.07) is 5.23. The Balaban J connectivity index is 2.13. The predicted molar refractivity (Wildman–Crippen MR) is 74.2 cm³/mol. The summed E-state index contributed by atoms with van der Waals surface area (Å²) < 4.78 is 0. The van der Waals surface area contributed by atoms with Gasteiger partial charge >= 0.3 is 0 Å². The third-order valence-electron chi connectivity index (χ3n) is 3.88. The first-order valence-electron chi connectivity index (χ1n) is 6.36. The predicted octanol–water partition coefficient (Wildman–Crippen LogP) is 2.16. The Morgan fingerprint density at radius 1 is 1.39 bits per heavy atom. The van der Waals surface area contributed by atoms with Crippen molar-refractivity contribution in [1.29, 1.82) is 0 Å². The monoisotopic (exact) mass is 247 g/mol. The summed E-state index contributed by atoms with van der Waals surface area (Å²) in [7, 11) is 0. The Kier molecular flexibility index (Phi) is 3.20. The first kappa shape index (κ1) is 12.7. The molecule has 0 heterocycles. The van der Waals surface area contributed by atoms with Crippen LogP contribution in [0.3, 0.4) is 0 Å². The SMILES string of the molecule is CC1(C)CCCC1NC(=O)c1ccc(N)cc1N. The summed E-state index contributed by atoms with van der Waals surface area (Å²) in [4.78, 5) is 12.2. The van der Waals surface area contributed by atoms with E-state index in [0.29, 0.717) is 16.9 Å². The fourth-order valence-corrected chi connectivity index (χ4v) is 2.62. The van der Waals surface area contributed by atoms with Gasteiger partial charge in [0.25, 0.3) is 5.91 Å². The van der Waals surface area contributed by atoms with Gasteiger partial charge in [-0.1, -0.05) is 20.3 Å². The van der Waals surface area contributed by atoms with E-state index in [1.54, 1.807) is 18.2 Å². The fourth-order valence-electron chi connectivity index (χ4n) is 2.62. The molecule has 1 aliphatic rings. The fraction of sp³-hybridized carbons (Fsp3) is 0.500. The number of rotatable bonds is 2. The molecule has 98 valence electrons. The van der Waals surface area contributed by atoms with Crippen LogP contribution in [0.1, 0.15) is 43.5 Å². The zero-order valence-corrected chi connectivity index (χ0v) is 11.0. The number of carbonyl (C=O) groups is 1. The summed E-state index contributed by atoms with van der Waals surface area (Å²) in [5.41, 5.74) is 13.1. The van der Waals surface area contributed by atoms with Gasteiger partial charge in [0.1, 0.15) is 0 Å². The molecule has 4 nitrogen and oxygen atoms in total. The Labute approximate surface area is 108 Å². The Hall–Kier alpha value is -1.71. The molecule has 18 heavy (non-hydrogen) atoms. The average molecular weight is 247 g/mol. The minimum absolute atomic E-state index is 0.104. The van der Waals surface area contributed by atoms with Crippen molar-refractivity contribution in [2.75, 3.05) is 11.5 Å². The van der Waals surface area contributed by atoms with Gasteiger partial charge in [0.05, 0.1) is 5.56 Å². The van der Waals surface area contributed by atoms with E-state index in [4.69, 9.17) is 11.5 Å². The molecule has 5 N–H and O–H groups in total. The van der Waals surface area contributed by atoms with E-state index < -0.39 is 0 Å². The minimum atomic E-state index is -0.104. The third kappa shape index (κ3) is 2.42. The maximum absolute atomic E-state index is 12.2. The molecule has 0 saturated heterocycles. The van der Waals surface area contributed by atoms with Crippen molar-refractivity contribution in [2.24, 2.45) is 5.41 Å². The Bertz CT molecular complexity index is 468. The number of anilines is 2. The van der Waals surface area contributed by atoms with Gasteiger partial charge in [0.15, 0.2) is 0 Å². The highest BCUT2D eigenvalue weighted by atomic mass is 16.1. The van der Waals surface area contributed by atoms with Crippen molar-refractivity contribution >= 4 is 17.3 Å². The second-order valence-electron chi connectivity index (χ2n) is 5.75. The van der Waals surface area contributed by atoms with E-state index in [-0.39, 0.29) is 17.4 Å². The van der Waals surface area contributed by atoms with Crippen LogP contribution in [0.5, 0.6) is 0 Å². The van der Waals surface area contributed by atoms with Gasteiger partial charge in [0.2, 0.25) is 0 Å². The van der Waals surface area contributed by atoms with Gasteiger partial charge < -0.3 is 16.8 Å². The summed E-state index contributed by atoms with van der Waals surface area (Å²) in [6.45, 7) is 4.38. The molecule has 1 fully saturated rings. The van der Waals surface area contributed by atoms with Crippen molar-refractivity contribution in [1.82, 2.24) is 5.32 Å². The minimum Gasteiger partial charge on any atom is -0.399 e. The van der Waals surface area contributed by atoms with Crippen LogP contribution >= 0.6 is 0 Å². The van der Waals surface area contributed by atoms with E-state index in [9.17, 15) is 4.79 Å². The van der Waals surface area contributed by atoms with Crippen molar-refractivity contribution in [3.8, 4) is 0 Å². The van der Waals surface area contributed by atoms with E-state index in [0.717, 1.165) is 19.3 Å². The van der Waals surface area contributed by atoms with Crippen LogP contribution < -0.4 is 16.8 Å². The molecule has 1 amide bonds. The van der Waals surface area contributed by atoms with Crippen LogP contribution in [0.2, 0.25) is 0 Å². The zero-order chi connectivity index (χ0) is 13.3. The van der Waals surface area contributed by atoms with Crippen LogP contribution in [0, 0.1) is 5.41 Å². The standard InChI is InChI=1S/C14H21N3O/c1-14(2)7-3-4-12(14)17-13(18)10-6-5-9(15)8-11(10)16/h5-6,8,12H,3-4,7,15-16H2,1-2H3,(H,17,18). The van der Waals surface area contributed by atoms with Crippen molar-refractivity contribution in [3.05, 3.63) is 23.8 Å².